The van der Waals surface area contributed by atoms with E-state index in [9.17, 15) is 4.79 Å². The Bertz CT molecular complexity index is 288. The third-order valence-corrected chi connectivity index (χ3v) is 5.07. The van der Waals surface area contributed by atoms with Crippen LogP contribution >= 0.6 is 23.5 Å². The van der Waals surface area contributed by atoms with E-state index in [0.717, 1.165) is 11.8 Å². The first-order valence-electron chi connectivity index (χ1n) is 4.18. The zero-order valence-corrected chi connectivity index (χ0v) is 8.74. The number of carbonyl (C=O) groups excluding carboxylic acids is 1. The lowest BCUT2D eigenvalue weighted by atomic mass is 10.2. The molecule has 0 aromatic heterocycles. The number of benzene rings is 1. The summed E-state index contributed by atoms with van der Waals surface area (Å²) in [7, 11) is 0. The lowest BCUT2D eigenvalue weighted by molar-refractivity contribution is 0.112. The molecule has 1 heterocycles. The average molecular weight is 210 g/mol. The van der Waals surface area contributed by atoms with E-state index in [0.29, 0.717) is 4.58 Å². The Morgan fingerprint density at radius 2 is 1.77 bits per heavy atom. The molecule has 1 nitrogen and oxygen atoms in total. The van der Waals surface area contributed by atoms with E-state index in [1.165, 1.54) is 17.1 Å². The van der Waals surface area contributed by atoms with Crippen molar-refractivity contribution in [1.29, 1.82) is 0 Å². The molecule has 0 spiro atoms. The molecule has 0 saturated carbocycles. The van der Waals surface area contributed by atoms with Gasteiger partial charge in [-0.05, 0) is 5.56 Å². The molecule has 68 valence electrons. The van der Waals surface area contributed by atoms with Crippen molar-refractivity contribution in [3.05, 3.63) is 35.4 Å². The summed E-state index contributed by atoms with van der Waals surface area (Å²) >= 11 is 3.97. The van der Waals surface area contributed by atoms with Gasteiger partial charge in [0.25, 0.3) is 0 Å². The van der Waals surface area contributed by atoms with Crippen molar-refractivity contribution in [2.75, 3.05) is 11.5 Å². The number of thioether (sulfide) groups is 2. The molecule has 3 heteroatoms. The fourth-order valence-electron chi connectivity index (χ4n) is 1.28. The quantitative estimate of drug-likeness (QED) is 0.699. The van der Waals surface area contributed by atoms with Crippen LogP contribution in [0.3, 0.4) is 0 Å². The molecule has 0 atom stereocenters. The summed E-state index contributed by atoms with van der Waals surface area (Å²) in [4.78, 5) is 10.4. The smallest absolute Gasteiger partial charge is 0.150 e. The van der Waals surface area contributed by atoms with Crippen LogP contribution < -0.4 is 0 Å². The lowest BCUT2D eigenvalue weighted by Crippen LogP contribution is -1.85. The van der Waals surface area contributed by atoms with Crippen LogP contribution in [0.25, 0.3) is 0 Å². The van der Waals surface area contributed by atoms with E-state index >= 15 is 0 Å². The first-order chi connectivity index (χ1) is 6.40. The lowest BCUT2D eigenvalue weighted by Gasteiger charge is -2.07. The number of rotatable bonds is 2. The summed E-state index contributed by atoms with van der Waals surface area (Å²) in [5.74, 6) is 2.48. The largest absolute Gasteiger partial charge is 0.298 e. The number of hydrogen-bond donors (Lipinski definition) is 0. The van der Waals surface area contributed by atoms with Gasteiger partial charge in [-0.15, -0.1) is 23.5 Å². The molecule has 1 saturated heterocycles. The van der Waals surface area contributed by atoms with Crippen LogP contribution in [0.1, 0.15) is 20.5 Å². The first-order valence-corrected chi connectivity index (χ1v) is 6.28. The van der Waals surface area contributed by atoms with Crippen LogP contribution in [0, 0.1) is 0 Å². The van der Waals surface area contributed by atoms with Crippen molar-refractivity contribution in [2.24, 2.45) is 0 Å². The number of carbonyl (C=O) groups is 1. The molecule has 0 radical (unpaired) electrons. The molecule has 0 unspecified atom stereocenters. The van der Waals surface area contributed by atoms with Crippen LogP contribution in [-0.2, 0) is 0 Å². The Morgan fingerprint density at radius 3 is 2.31 bits per heavy atom. The zero-order valence-electron chi connectivity index (χ0n) is 7.10. The second-order valence-corrected chi connectivity index (χ2v) is 5.58. The van der Waals surface area contributed by atoms with Crippen LogP contribution in [0.5, 0.6) is 0 Å². The van der Waals surface area contributed by atoms with Crippen LogP contribution in [0.2, 0.25) is 0 Å². The maximum Gasteiger partial charge on any atom is 0.150 e. The average Bonchev–Trinajstić information content (AvgIpc) is 2.71. The van der Waals surface area contributed by atoms with Crippen molar-refractivity contribution in [1.82, 2.24) is 0 Å². The Hall–Kier alpha value is -0.410. The maximum absolute atomic E-state index is 10.4. The second kappa shape index (κ2) is 4.20. The highest BCUT2D eigenvalue weighted by atomic mass is 32.2. The minimum atomic E-state index is 0.584. The summed E-state index contributed by atoms with van der Waals surface area (Å²) < 4.78 is 0.584. The fraction of sp³-hybridized carbons (Fsp3) is 0.300. The predicted molar refractivity (Wildman–Crippen MR) is 59.5 cm³/mol. The molecular formula is C10H10OS2. The molecular weight excluding hydrogens is 200 g/mol. The minimum Gasteiger partial charge on any atom is -0.298 e. The van der Waals surface area contributed by atoms with E-state index in [2.05, 4.69) is 12.1 Å². The molecule has 1 fully saturated rings. The molecule has 1 aliphatic rings. The third kappa shape index (κ3) is 2.09. The summed E-state index contributed by atoms with van der Waals surface area (Å²) in [6.07, 6.45) is 0.888. The van der Waals surface area contributed by atoms with Gasteiger partial charge in [-0.2, -0.15) is 0 Å². The van der Waals surface area contributed by atoms with E-state index in [1.54, 1.807) is 0 Å². The topological polar surface area (TPSA) is 17.1 Å². The monoisotopic (exact) mass is 210 g/mol. The van der Waals surface area contributed by atoms with Gasteiger partial charge in [0.05, 0.1) is 4.58 Å². The molecule has 13 heavy (non-hydrogen) atoms. The molecule has 1 aromatic rings. The van der Waals surface area contributed by atoms with Crippen LogP contribution in [0.4, 0.5) is 0 Å². The van der Waals surface area contributed by atoms with E-state index in [4.69, 9.17) is 0 Å². The highest BCUT2D eigenvalue weighted by molar-refractivity contribution is 8.19. The van der Waals surface area contributed by atoms with Gasteiger partial charge >= 0.3 is 0 Å². The van der Waals surface area contributed by atoms with Crippen molar-refractivity contribution in [3.63, 3.8) is 0 Å². The van der Waals surface area contributed by atoms with Gasteiger partial charge in [-0.25, -0.2) is 0 Å². The van der Waals surface area contributed by atoms with Crippen molar-refractivity contribution in [3.8, 4) is 0 Å². The molecule has 0 N–H and O–H groups in total. The summed E-state index contributed by atoms with van der Waals surface area (Å²) in [5.41, 5.74) is 2.09. The molecule has 1 aromatic carbocycles. The zero-order chi connectivity index (χ0) is 9.10. The van der Waals surface area contributed by atoms with Crippen molar-refractivity contribution in [2.45, 2.75) is 4.58 Å². The maximum atomic E-state index is 10.4. The number of aldehydes is 1. The molecule has 0 amide bonds. The SMILES string of the molecule is O=Cc1ccc(C2SCCS2)cc1. The minimum absolute atomic E-state index is 0.584. The molecule has 0 bridgehead atoms. The van der Waals surface area contributed by atoms with Gasteiger partial charge in [-0.3, -0.25) is 4.79 Å². The van der Waals surface area contributed by atoms with E-state index in [-0.39, 0.29) is 0 Å². The van der Waals surface area contributed by atoms with Gasteiger partial charge < -0.3 is 0 Å². The predicted octanol–water partition coefficient (Wildman–Crippen LogP) is 2.98. The van der Waals surface area contributed by atoms with Gasteiger partial charge in [0.1, 0.15) is 6.29 Å². The van der Waals surface area contributed by atoms with Crippen molar-refractivity contribution < 1.29 is 4.79 Å². The fourth-order valence-corrected chi connectivity index (χ4v) is 4.14. The summed E-state index contributed by atoms with van der Waals surface area (Å²) in [6.45, 7) is 0. The molecule has 1 aliphatic heterocycles. The second-order valence-electron chi connectivity index (χ2n) is 2.86. The summed E-state index contributed by atoms with van der Waals surface area (Å²) in [5, 5.41) is 0. The highest BCUT2D eigenvalue weighted by Gasteiger charge is 2.17. The Labute approximate surface area is 86.3 Å². The van der Waals surface area contributed by atoms with Gasteiger partial charge in [0.15, 0.2) is 0 Å². The highest BCUT2D eigenvalue weighted by Crippen LogP contribution is 2.44. The Balaban J connectivity index is 2.16. The summed E-state index contributed by atoms with van der Waals surface area (Å²) in [6, 6.07) is 7.89. The Kier molecular flexibility index (Phi) is 2.96. The van der Waals surface area contributed by atoms with Crippen molar-refractivity contribution >= 4 is 29.8 Å². The van der Waals surface area contributed by atoms with E-state index < -0.39 is 0 Å². The number of hydrogen-bond acceptors (Lipinski definition) is 3. The molecule has 0 aliphatic carbocycles. The first kappa shape index (κ1) is 9.16. The van der Waals surface area contributed by atoms with Crippen LogP contribution in [0.15, 0.2) is 24.3 Å². The van der Waals surface area contributed by atoms with Gasteiger partial charge in [-0.1, -0.05) is 24.3 Å². The van der Waals surface area contributed by atoms with Gasteiger partial charge in [0, 0.05) is 17.1 Å². The Morgan fingerprint density at radius 1 is 1.15 bits per heavy atom. The van der Waals surface area contributed by atoms with Crippen LogP contribution in [-0.4, -0.2) is 17.8 Å². The van der Waals surface area contributed by atoms with E-state index in [1.807, 2.05) is 35.7 Å². The third-order valence-electron chi connectivity index (χ3n) is 1.97. The van der Waals surface area contributed by atoms with Gasteiger partial charge in [0.2, 0.25) is 0 Å². The normalized spacial score (nSPS) is 17.5. The standard InChI is InChI=1S/C10H10OS2/c11-7-8-1-3-9(4-2-8)10-12-5-6-13-10/h1-4,7,10H,5-6H2. The molecule has 2 rings (SSSR count).